The molecule has 2 aromatic rings. The molecule has 0 saturated carbocycles. The lowest BCUT2D eigenvalue weighted by Gasteiger charge is -2.32. The first-order valence-corrected chi connectivity index (χ1v) is 8.51. The van der Waals surface area contributed by atoms with E-state index in [1.165, 1.54) is 0 Å². The van der Waals surface area contributed by atoms with Crippen molar-refractivity contribution in [3.63, 3.8) is 0 Å². The van der Waals surface area contributed by atoms with Crippen LogP contribution in [-0.2, 0) is 11.2 Å². The Morgan fingerprint density at radius 3 is 2.38 bits per heavy atom. The molecule has 4 nitrogen and oxygen atoms in total. The minimum absolute atomic E-state index is 0.196. The molecule has 2 N–H and O–H groups in total. The zero-order valence-electron chi connectivity index (χ0n) is 13.9. The lowest BCUT2D eigenvalue weighted by Crippen LogP contribution is -2.40. The van der Waals surface area contributed by atoms with Gasteiger partial charge in [-0.15, -0.1) is 0 Å². The van der Waals surface area contributed by atoms with Crippen molar-refractivity contribution >= 4 is 11.6 Å². The van der Waals surface area contributed by atoms with Gasteiger partial charge in [0.25, 0.3) is 0 Å². The summed E-state index contributed by atoms with van der Waals surface area (Å²) in [7, 11) is 0. The van der Waals surface area contributed by atoms with Gasteiger partial charge in [-0.05, 0) is 48.6 Å². The van der Waals surface area contributed by atoms with Gasteiger partial charge in [0.05, 0.1) is 13.0 Å². The van der Waals surface area contributed by atoms with Crippen LogP contribution in [-0.4, -0.2) is 30.5 Å². The van der Waals surface area contributed by atoms with Crippen LogP contribution in [0.2, 0.25) is 0 Å². The highest BCUT2D eigenvalue weighted by Crippen LogP contribution is 2.20. The van der Waals surface area contributed by atoms with Crippen molar-refractivity contribution in [2.75, 3.05) is 25.4 Å². The van der Waals surface area contributed by atoms with Crippen LogP contribution in [0, 0.1) is 5.92 Å². The highest BCUT2D eigenvalue weighted by Gasteiger charge is 2.23. The van der Waals surface area contributed by atoms with E-state index in [9.17, 15) is 4.79 Å². The number of rotatable bonds is 5. The molecule has 1 amide bonds. The molecule has 1 fully saturated rings. The molecule has 24 heavy (non-hydrogen) atoms. The predicted molar refractivity (Wildman–Crippen MR) is 95.8 cm³/mol. The zero-order chi connectivity index (χ0) is 16.8. The first kappa shape index (κ1) is 16.4. The number of amides is 1. The molecule has 1 aliphatic heterocycles. The van der Waals surface area contributed by atoms with Crippen LogP contribution >= 0.6 is 0 Å². The third-order valence-corrected chi connectivity index (χ3v) is 4.53. The average molecular weight is 324 g/mol. The largest absolute Gasteiger partial charge is 0.493 e. The van der Waals surface area contributed by atoms with Gasteiger partial charge >= 0.3 is 0 Å². The molecule has 2 aromatic carbocycles. The van der Waals surface area contributed by atoms with E-state index in [1.807, 2.05) is 59.5 Å². The molecule has 126 valence electrons. The highest BCUT2D eigenvalue weighted by atomic mass is 16.5. The summed E-state index contributed by atoms with van der Waals surface area (Å²) < 4.78 is 5.83. The first-order chi connectivity index (χ1) is 11.7. The Bertz CT molecular complexity index is 647. The maximum absolute atomic E-state index is 12.4. The number of para-hydroxylation sites is 1. The molecule has 1 heterocycles. The van der Waals surface area contributed by atoms with E-state index in [0.29, 0.717) is 12.3 Å². The summed E-state index contributed by atoms with van der Waals surface area (Å²) in [5.74, 6) is 1.63. The monoisotopic (exact) mass is 324 g/mol. The van der Waals surface area contributed by atoms with E-state index < -0.39 is 0 Å². The molecule has 0 unspecified atom stereocenters. The number of nitrogens with zero attached hydrogens (tertiary/aromatic N) is 1. The van der Waals surface area contributed by atoms with E-state index in [-0.39, 0.29) is 5.91 Å². The van der Waals surface area contributed by atoms with Gasteiger partial charge in [0, 0.05) is 18.8 Å². The SMILES string of the molecule is Nc1ccc(CC(=O)N2CCC(COc3ccccc3)CC2)cc1. The van der Waals surface area contributed by atoms with Gasteiger partial charge < -0.3 is 15.4 Å². The Kier molecular flexibility index (Phi) is 5.36. The molecule has 1 aliphatic rings. The standard InChI is InChI=1S/C20H24N2O2/c21-18-8-6-16(7-9-18)14-20(23)22-12-10-17(11-13-22)15-24-19-4-2-1-3-5-19/h1-9,17H,10-15,21H2. The van der Waals surface area contributed by atoms with E-state index in [1.54, 1.807) is 0 Å². The second-order valence-electron chi connectivity index (χ2n) is 6.37. The maximum atomic E-state index is 12.4. The summed E-state index contributed by atoms with van der Waals surface area (Å²) in [5, 5.41) is 0. The van der Waals surface area contributed by atoms with E-state index >= 15 is 0 Å². The number of likely N-dealkylation sites (tertiary alicyclic amines) is 1. The van der Waals surface area contributed by atoms with Crippen molar-refractivity contribution in [2.45, 2.75) is 19.3 Å². The molecule has 0 bridgehead atoms. The summed E-state index contributed by atoms with van der Waals surface area (Å²) >= 11 is 0. The van der Waals surface area contributed by atoms with E-state index in [0.717, 1.165) is 49.5 Å². The molecule has 0 aliphatic carbocycles. The van der Waals surface area contributed by atoms with Gasteiger partial charge in [0.1, 0.15) is 5.75 Å². The van der Waals surface area contributed by atoms with Crippen LogP contribution in [0.4, 0.5) is 5.69 Å². The second kappa shape index (κ2) is 7.86. The fourth-order valence-electron chi connectivity index (χ4n) is 3.00. The topological polar surface area (TPSA) is 55.6 Å². The van der Waals surface area contributed by atoms with Crippen LogP contribution in [0.15, 0.2) is 54.6 Å². The number of hydrogen-bond donors (Lipinski definition) is 1. The first-order valence-electron chi connectivity index (χ1n) is 8.51. The number of nitrogen functional groups attached to an aromatic ring is 1. The van der Waals surface area contributed by atoms with Gasteiger partial charge in [-0.3, -0.25) is 4.79 Å². The van der Waals surface area contributed by atoms with Crippen molar-refractivity contribution in [3.05, 3.63) is 60.2 Å². The number of benzene rings is 2. The Morgan fingerprint density at radius 1 is 1.04 bits per heavy atom. The number of piperidine rings is 1. The zero-order valence-corrected chi connectivity index (χ0v) is 13.9. The third kappa shape index (κ3) is 4.51. The number of nitrogens with two attached hydrogens (primary N) is 1. The van der Waals surface area contributed by atoms with Crippen molar-refractivity contribution in [3.8, 4) is 5.75 Å². The Balaban J connectivity index is 1.42. The van der Waals surface area contributed by atoms with Crippen molar-refractivity contribution in [1.82, 2.24) is 4.90 Å². The quantitative estimate of drug-likeness (QED) is 0.860. The van der Waals surface area contributed by atoms with Crippen molar-refractivity contribution in [1.29, 1.82) is 0 Å². The van der Waals surface area contributed by atoms with Crippen LogP contribution in [0.5, 0.6) is 5.75 Å². The number of carbonyl (C=O) groups is 1. The molecule has 4 heteroatoms. The van der Waals surface area contributed by atoms with Gasteiger partial charge in [-0.25, -0.2) is 0 Å². The summed E-state index contributed by atoms with van der Waals surface area (Å²) in [6.45, 7) is 2.36. The summed E-state index contributed by atoms with van der Waals surface area (Å²) in [6, 6.07) is 17.4. The van der Waals surface area contributed by atoms with Crippen molar-refractivity contribution < 1.29 is 9.53 Å². The molecule has 1 saturated heterocycles. The minimum atomic E-state index is 0.196. The maximum Gasteiger partial charge on any atom is 0.226 e. The molecule has 0 radical (unpaired) electrons. The number of carbonyl (C=O) groups excluding carboxylic acids is 1. The summed E-state index contributed by atoms with van der Waals surface area (Å²) in [4.78, 5) is 14.4. The summed E-state index contributed by atoms with van der Waals surface area (Å²) in [6.07, 6.45) is 2.45. The molecule has 0 atom stereocenters. The Labute approximate surface area is 143 Å². The number of anilines is 1. The normalized spacial score (nSPS) is 15.2. The second-order valence-corrected chi connectivity index (χ2v) is 6.37. The average Bonchev–Trinajstić information content (AvgIpc) is 2.63. The van der Waals surface area contributed by atoms with Gasteiger partial charge in [-0.1, -0.05) is 30.3 Å². The third-order valence-electron chi connectivity index (χ3n) is 4.53. The Hall–Kier alpha value is -2.49. The number of ether oxygens (including phenoxy) is 1. The molecule has 0 spiro atoms. The smallest absolute Gasteiger partial charge is 0.226 e. The van der Waals surface area contributed by atoms with Crippen LogP contribution < -0.4 is 10.5 Å². The molecule has 0 aromatic heterocycles. The fraction of sp³-hybridized carbons (Fsp3) is 0.350. The summed E-state index contributed by atoms with van der Waals surface area (Å²) in [5.41, 5.74) is 7.42. The minimum Gasteiger partial charge on any atom is -0.493 e. The Morgan fingerprint density at radius 2 is 1.71 bits per heavy atom. The van der Waals surface area contributed by atoms with Gasteiger partial charge in [0.2, 0.25) is 5.91 Å². The van der Waals surface area contributed by atoms with Gasteiger partial charge in [0.15, 0.2) is 0 Å². The highest BCUT2D eigenvalue weighted by molar-refractivity contribution is 5.79. The van der Waals surface area contributed by atoms with Crippen LogP contribution in [0.3, 0.4) is 0 Å². The van der Waals surface area contributed by atoms with Crippen LogP contribution in [0.1, 0.15) is 18.4 Å². The van der Waals surface area contributed by atoms with E-state index in [2.05, 4.69) is 0 Å². The van der Waals surface area contributed by atoms with Gasteiger partial charge in [-0.2, -0.15) is 0 Å². The van der Waals surface area contributed by atoms with Crippen LogP contribution in [0.25, 0.3) is 0 Å². The molecule has 3 rings (SSSR count). The molecular formula is C20H24N2O2. The van der Waals surface area contributed by atoms with E-state index in [4.69, 9.17) is 10.5 Å². The predicted octanol–water partition coefficient (Wildman–Crippen LogP) is 3.13. The molecular weight excluding hydrogens is 300 g/mol. The number of hydrogen-bond acceptors (Lipinski definition) is 3. The van der Waals surface area contributed by atoms with Crippen molar-refractivity contribution in [2.24, 2.45) is 5.92 Å². The lowest BCUT2D eigenvalue weighted by atomic mass is 9.97. The fourth-order valence-corrected chi connectivity index (χ4v) is 3.00. The lowest BCUT2D eigenvalue weighted by molar-refractivity contribution is -0.132.